The summed E-state index contributed by atoms with van der Waals surface area (Å²) in [5, 5.41) is 14.6. The standard InChI is InChI=1S/C26H32N2O5/c1-26(2,3)23(24(30)31)28-22(29)14-8-9-15-27-25(32)33-16-21-19-12-6-4-10-17(19)18-11-5-7-13-20(18)21/h4-7,10-13,21,23H,8-9,14-16H2,1-3H3,(H,27,32)(H,28,29)(H,30,31). The molecule has 3 rings (SSSR count). The van der Waals surface area contributed by atoms with E-state index >= 15 is 0 Å². The van der Waals surface area contributed by atoms with Crippen LogP contribution in [-0.4, -0.2) is 42.3 Å². The summed E-state index contributed by atoms with van der Waals surface area (Å²) in [6.07, 6.45) is 0.836. The fraction of sp³-hybridized carbons (Fsp3) is 0.423. The Balaban J connectivity index is 1.39. The first-order valence-electron chi connectivity index (χ1n) is 11.3. The third-order valence-electron chi connectivity index (χ3n) is 5.86. The number of amides is 2. The summed E-state index contributed by atoms with van der Waals surface area (Å²) in [6.45, 7) is 5.94. The van der Waals surface area contributed by atoms with Crippen molar-refractivity contribution in [2.45, 2.75) is 52.0 Å². The van der Waals surface area contributed by atoms with Crippen LogP contribution in [-0.2, 0) is 14.3 Å². The van der Waals surface area contributed by atoms with Gasteiger partial charge in [0.2, 0.25) is 5.91 Å². The maximum absolute atomic E-state index is 12.2. The number of benzene rings is 2. The normalized spacial score (nSPS) is 13.5. The zero-order valence-electron chi connectivity index (χ0n) is 19.4. The number of carboxylic acid groups (broad SMARTS) is 1. The molecule has 0 saturated heterocycles. The van der Waals surface area contributed by atoms with Crippen LogP contribution in [0.2, 0.25) is 0 Å². The van der Waals surface area contributed by atoms with Gasteiger partial charge in [-0.1, -0.05) is 69.3 Å². The van der Waals surface area contributed by atoms with Crippen LogP contribution in [0, 0.1) is 5.41 Å². The predicted octanol–water partition coefficient (Wildman–Crippen LogP) is 4.31. The molecule has 7 heteroatoms. The number of ether oxygens (including phenoxy) is 1. The monoisotopic (exact) mass is 452 g/mol. The molecule has 7 nitrogen and oxygen atoms in total. The Labute approximate surface area is 194 Å². The van der Waals surface area contributed by atoms with Crippen molar-refractivity contribution < 1.29 is 24.2 Å². The van der Waals surface area contributed by atoms with Gasteiger partial charge in [0, 0.05) is 18.9 Å². The van der Waals surface area contributed by atoms with Crippen molar-refractivity contribution in [2.75, 3.05) is 13.2 Å². The minimum atomic E-state index is -1.05. The number of nitrogens with one attached hydrogen (secondary N) is 2. The molecule has 1 atom stereocenters. The lowest BCUT2D eigenvalue weighted by atomic mass is 9.86. The average Bonchev–Trinajstić information content (AvgIpc) is 3.08. The first kappa shape index (κ1) is 24.3. The van der Waals surface area contributed by atoms with Crippen LogP contribution in [0.25, 0.3) is 11.1 Å². The molecule has 176 valence electrons. The Hall–Kier alpha value is -3.35. The molecule has 0 bridgehead atoms. The van der Waals surface area contributed by atoms with Gasteiger partial charge in [-0.3, -0.25) is 4.79 Å². The van der Waals surface area contributed by atoms with Crippen molar-refractivity contribution in [3.63, 3.8) is 0 Å². The summed E-state index contributed by atoms with van der Waals surface area (Å²) in [5.41, 5.74) is 4.10. The highest BCUT2D eigenvalue weighted by Crippen LogP contribution is 2.44. The number of fused-ring (bicyclic) bond motifs is 3. The van der Waals surface area contributed by atoms with E-state index in [9.17, 15) is 19.5 Å². The molecular weight excluding hydrogens is 420 g/mol. The number of aliphatic carboxylic acids is 1. The van der Waals surface area contributed by atoms with Crippen molar-refractivity contribution in [1.82, 2.24) is 10.6 Å². The second kappa shape index (κ2) is 10.5. The molecular formula is C26H32N2O5. The maximum atomic E-state index is 12.2. The lowest BCUT2D eigenvalue weighted by molar-refractivity contribution is -0.145. The molecule has 3 N–H and O–H groups in total. The van der Waals surface area contributed by atoms with Crippen molar-refractivity contribution >= 4 is 18.0 Å². The van der Waals surface area contributed by atoms with Gasteiger partial charge in [-0.25, -0.2) is 9.59 Å². The first-order valence-corrected chi connectivity index (χ1v) is 11.3. The van der Waals surface area contributed by atoms with E-state index < -0.39 is 23.5 Å². The number of carboxylic acids is 1. The highest BCUT2D eigenvalue weighted by atomic mass is 16.5. The lowest BCUT2D eigenvalue weighted by Crippen LogP contribution is -2.49. The van der Waals surface area contributed by atoms with E-state index in [-0.39, 0.29) is 24.9 Å². The number of hydrogen-bond acceptors (Lipinski definition) is 4. The topological polar surface area (TPSA) is 105 Å². The largest absolute Gasteiger partial charge is 0.480 e. The molecule has 33 heavy (non-hydrogen) atoms. The Morgan fingerprint density at radius 3 is 2.09 bits per heavy atom. The van der Waals surface area contributed by atoms with Crippen molar-refractivity contribution in [3.05, 3.63) is 59.7 Å². The van der Waals surface area contributed by atoms with E-state index in [0.717, 1.165) is 11.1 Å². The van der Waals surface area contributed by atoms with Crippen LogP contribution in [0.4, 0.5) is 4.79 Å². The van der Waals surface area contributed by atoms with Gasteiger partial charge in [0.15, 0.2) is 0 Å². The van der Waals surface area contributed by atoms with E-state index in [1.165, 1.54) is 11.1 Å². The minimum absolute atomic E-state index is 0.0110. The van der Waals surface area contributed by atoms with Gasteiger partial charge in [0.05, 0.1) is 0 Å². The molecule has 0 spiro atoms. The first-order chi connectivity index (χ1) is 15.7. The van der Waals surface area contributed by atoms with E-state index in [2.05, 4.69) is 34.9 Å². The third kappa shape index (κ3) is 6.12. The van der Waals surface area contributed by atoms with Gasteiger partial charge in [-0.2, -0.15) is 0 Å². The number of carbonyl (C=O) groups is 3. The van der Waals surface area contributed by atoms with E-state index in [0.29, 0.717) is 19.4 Å². The van der Waals surface area contributed by atoms with Crippen molar-refractivity contribution in [2.24, 2.45) is 5.41 Å². The fourth-order valence-corrected chi connectivity index (χ4v) is 4.13. The minimum Gasteiger partial charge on any atom is -0.480 e. The van der Waals surface area contributed by atoms with E-state index in [1.807, 2.05) is 24.3 Å². The highest BCUT2D eigenvalue weighted by Gasteiger charge is 2.32. The number of unbranched alkanes of at least 4 members (excludes halogenated alkanes) is 1. The third-order valence-corrected chi connectivity index (χ3v) is 5.86. The summed E-state index contributed by atoms with van der Waals surface area (Å²) in [5.74, 6) is -1.34. The molecule has 0 radical (unpaired) electrons. The van der Waals surface area contributed by atoms with E-state index in [4.69, 9.17) is 4.74 Å². The molecule has 1 unspecified atom stereocenters. The summed E-state index contributed by atoms with van der Waals surface area (Å²) >= 11 is 0. The smallest absolute Gasteiger partial charge is 0.407 e. The highest BCUT2D eigenvalue weighted by molar-refractivity contribution is 5.84. The number of carbonyl (C=O) groups excluding carboxylic acids is 2. The summed E-state index contributed by atoms with van der Waals surface area (Å²) < 4.78 is 5.49. The average molecular weight is 453 g/mol. The molecule has 1 aliphatic carbocycles. The van der Waals surface area contributed by atoms with Gasteiger partial charge in [0.1, 0.15) is 12.6 Å². The predicted molar refractivity (Wildman–Crippen MR) is 126 cm³/mol. The zero-order valence-corrected chi connectivity index (χ0v) is 19.4. The maximum Gasteiger partial charge on any atom is 0.407 e. The molecule has 0 aliphatic heterocycles. The molecule has 0 fully saturated rings. The van der Waals surface area contributed by atoms with Gasteiger partial charge in [-0.05, 0) is 40.5 Å². The fourth-order valence-electron chi connectivity index (χ4n) is 4.13. The van der Waals surface area contributed by atoms with Crippen molar-refractivity contribution in [1.29, 1.82) is 0 Å². The summed E-state index contributed by atoms with van der Waals surface area (Å²) in [6, 6.07) is 15.4. The SMILES string of the molecule is CC(C)(C)C(NC(=O)CCCCNC(=O)OCC1c2ccccc2-c2ccccc21)C(=O)O. The molecule has 0 heterocycles. The zero-order chi connectivity index (χ0) is 24.0. The molecule has 2 aromatic carbocycles. The number of hydrogen-bond donors (Lipinski definition) is 3. The van der Waals surface area contributed by atoms with Gasteiger partial charge in [0.25, 0.3) is 0 Å². The Morgan fingerprint density at radius 1 is 0.970 bits per heavy atom. The molecule has 0 saturated carbocycles. The van der Waals surface area contributed by atoms with Gasteiger partial charge < -0.3 is 20.5 Å². The lowest BCUT2D eigenvalue weighted by Gasteiger charge is -2.27. The van der Waals surface area contributed by atoms with Crippen LogP contribution in [0.1, 0.15) is 57.1 Å². The van der Waals surface area contributed by atoms with Crippen molar-refractivity contribution in [3.8, 4) is 11.1 Å². The molecule has 0 aromatic heterocycles. The molecule has 2 aromatic rings. The molecule has 1 aliphatic rings. The Bertz CT molecular complexity index is 966. The second-order valence-electron chi connectivity index (χ2n) is 9.41. The van der Waals surface area contributed by atoms with Crippen LogP contribution < -0.4 is 10.6 Å². The summed E-state index contributed by atoms with van der Waals surface area (Å²) in [7, 11) is 0. The molecule has 2 amide bonds. The van der Waals surface area contributed by atoms with Crippen LogP contribution in [0.5, 0.6) is 0 Å². The van der Waals surface area contributed by atoms with Crippen LogP contribution in [0.15, 0.2) is 48.5 Å². The van der Waals surface area contributed by atoms with Crippen LogP contribution in [0.3, 0.4) is 0 Å². The Kier molecular flexibility index (Phi) is 7.74. The number of rotatable bonds is 9. The quantitative estimate of drug-likeness (QED) is 0.492. The van der Waals surface area contributed by atoms with E-state index in [1.54, 1.807) is 20.8 Å². The second-order valence-corrected chi connectivity index (χ2v) is 9.41. The number of alkyl carbamates (subject to hydrolysis) is 1. The Morgan fingerprint density at radius 2 is 1.55 bits per heavy atom. The van der Waals surface area contributed by atoms with Gasteiger partial charge >= 0.3 is 12.1 Å². The summed E-state index contributed by atoms with van der Waals surface area (Å²) in [4.78, 5) is 35.6. The van der Waals surface area contributed by atoms with Crippen LogP contribution >= 0.6 is 0 Å². The van der Waals surface area contributed by atoms with Gasteiger partial charge in [-0.15, -0.1) is 0 Å².